The molecule has 1 saturated carbocycles. The maximum Gasteiger partial charge on any atom is 0.227 e. The summed E-state index contributed by atoms with van der Waals surface area (Å²) in [5.41, 5.74) is 2.29. The Balaban J connectivity index is 1.66. The Kier molecular flexibility index (Phi) is 4.42. The maximum absolute atomic E-state index is 12.6. The van der Waals surface area contributed by atoms with E-state index in [9.17, 15) is 9.59 Å². The molecule has 23 heavy (non-hydrogen) atoms. The van der Waals surface area contributed by atoms with Gasteiger partial charge in [0.1, 0.15) is 0 Å². The van der Waals surface area contributed by atoms with E-state index in [4.69, 9.17) is 0 Å². The third-order valence-electron chi connectivity index (χ3n) is 5.68. The molecule has 0 bridgehead atoms. The van der Waals surface area contributed by atoms with Crippen molar-refractivity contribution < 1.29 is 9.59 Å². The van der Waals surface area contributed by atoms with Crippen molar-refractivity contribution in [3.8, 4) is 0 Å². The minimum atomic E-state index is 0.0169. The molecule has 2 amide bonds. The fourth-order valence-electron chi connectivity index (χ4n) is 4.31. The first-order valence-electron chi connectivity index (χ1n) is 8.59. The van der Waals surface area contributed by atoms with Crippen LogP contribution < -0.4 is 5.32 Å². The summed E-state index contributed by atoms with van der Waals surface area (Å²) in [5, 5.41) is 2.80. The van der Waals surface area contributed by atoms with E-state index >= 15 is 0 Å². The van der Waals surface area contributed by atoms with Gasteiger partial charge in [-0.1, -0.05) is 36.2 Å². The number of hydrogen-bond acceptors (Lipinski definition) is 2. The molecule has 124 valence electrons. The Morgan fingerprint density at radius 3 is 2.70 bits per heavy atom. The molecule has 1 aromatic rings. The van der Waals surface area contributed by atoms with Crippen molar-refractivity contribution >= 4 is 11.8 Å². The second-order valence-corrected chi connectivity index (χ2v) is 7.15. The summed E-state index contributed by atoms with van der Waals surface area (Å²) < 4.78 is 0. The van der Waals surface area contributed by atoms with Crippen LogP contribution in [0.2, 0.25) is 0 Å². The molecule has 1 saturated heterocycles. The second-order valence-electron chi connectivity index (χ2n) is 7.15. The largest absolute Gasteiger partial charge is 0.359 e. The Bertz CT molecular complexity index is 596. The first kappa shape index (κ1) is 16.0. The van der Waals surface area contributed by atoms with Gasteiger partial charge < -0.3 is 10.2 Å². The molecule has 1 aromatic carbocycles. The SMILES string of the molecule is CNC(=O)C1CCCC12CCN(C(=O)Cc1ccc(C)cc1)C2. The first-order valence-corrected chi connectivity index (χ1v) is 8.59. The highest BCUT2D eigenvalue weighted by molar-refractivity contribution is 5.81. The topological polar surface area (TPSA) is 49.4 Å². The third kappa shape index (κ3) is 3.12. The monoisotopic (exact) mass is 314 g/mol. The Hall–Kier alpha value is -1.84. The number of carbonyl (C=O) groups excluding carboxylic acids is 2. The quantitative estimate of drug-likeness (QED) is 0.931. The lowest BCUT2D eigenvalue weighted by molar-refractivity contribution is -0.132. The molecule has 1 heterocycles. The molecule has 2 aliphatic rings. The van der Waals surface area contributed by atoms with Crippen molar-refractivity contribution in [3.05, 3.63) is 35.4 Å². The Morgan fingerprint density at radius 2 is 2.00 bits per heavy atom. The van der Waals surface area contributed by atoms with Crippen LogP contribution in [0.5, 0.6) is 0 Å². The number of benzene rings is 1. The van der Waals surface area contributed by atoms with Gasteiger partial charge in [-0.3, -0.25) is 9.59 Å². The molecule has 1 aliphatic carbocycles. The normalized spacial score (nSPS) is 26.7. The number of rotatable bonds is 3. The molecule has 1 aliphatic heterocycles. The van der Waals surface area contributed by atoms with Gasteiger partial charge in [0.25, 0.3) is 0 Å². The molecule has 3 rings (SSSR count). The summed E-state index contributed by atoms with van der Waals surface area (Å²) in [6.07, 6.45) is 4.54. The number of nitrogens with one attached hydrogen (secondary N) is 1. The Morgan fingerprint density at radius 1 is 1.26 bits per heavy atom. The lowest BCUT2D eigenvalue weighted by atomic mass is 9.76. The Labute approximate surface area is 138 Å². The van der Waals surface area contributed by atoms with Gasteiger partial charge in [0.05, 0.1) is 6.42 Å². The van der Waals surface area contributed by atoms with Crippen LogP contribution in [0.15, 0.2) is 24.3 Å². The maximum atomic E-state index is 12.6. The molecule has 2 unspecified atom stereocenters. The van der Waals surface area contributed by atoms with E-state index < -0.39 is 0 Å². The van der Waals surface area contributed by atoms with Crippen LogP contribution in [0.1, 0.15) is 36.8 Å². The van der Waals surface area contributed by atoms with E-state index in [-0.39, 0.29) is 23.1 Å². The van der Waals surface area contributed by atoms with Crippen molar-refractivity contribution in [1.82, 2.24) is 10.2 Å². The zero-order chi connectivity index (χ0) is 16.4. The second kappa shape index (κ2) is 6.34. The summed E-state index contributed by atoms with van der Waals surface area (Å²) in [4.78, 5) is 26.7. The molecular formula is C19H26N2O2. The summed E-state index contributed by atoms with van der Waals surface area (Å²) in [7, 11) is 1.71. The lowest BCUT2D eigenvalue weighted by Gasteiger charge is -2.30. The van der Waals surface area contributed by atoms with Crippen LogP contribution in [-0.4, -0.2) is 36.9 Å². The fraction of sp³-hybridized carbons (Fsp3) is 0.579. The van der Waals surface area contributed by atoms with Crippen LogP contribution in [-0.2, 0) is 16.0 Å². The average molecular weight is 314 g/mol. The van der Waals surface area contributed by atoms with E-state index in [0.717, 1.165) is 44.3 Å². The summed E-state index contributed by atoms with van der Waals surface area (Å²) in [6, 6.07) is 8.16. The molecular weight excluding hydrogens is 288 g/mol. The minimum Gasteiger partial charge on any atom is -0.359 e. The van der Waals surface area contributed by atoms with Gasteiger partial charge in [-0.25, -0.2) is 0 Å². The standard InChI is InChI=1S/C19H26N2O2/c1-14-5-7-15(8-6-14)12-17(22)21-11-10-19(13-21)9-3-4-16(19)18(23)20-2/h5-8,16H,3-4,9-13H2,1-2H3,(H,20,23). The highest BCUT2D eigenvalue weighted by atomic mass is 16.2. The van der Waals surface area contributed by atoms with Gasteiger partial charge >= 0.3 is 0 Å². The van der Waals surface area contributed by atoms with Gasteiger partial charge in [-0.2, -0.15) is 0 Å². The summed E-state index contributed by atoms with van der Waals surface area (Å²) >= 11 is 0. The summed E-state index contributed by atoms with van der Waals surface area (Å²) in [6.45, 7) is 3.59. The van der Waals surface area contributed by atoms with Gasteiger partial charge in [-0.15, -0.1) is 0 Å². The zero-order valence-corrected chi connectivity index (χ0v) is 14.1. The van der Waals surface area contributed by atoms with Gasteiger partial charge in [0.15, 0.2) is 0 Å². The van der Waals surface area contributed by atoms with Crippen LogP contribution in [0.4, 0.5) is 0 Å². The molecule has 4 nitrogen and oxygen atoms in total. The molecule has 2 atom stereocenters. The predicted octanol–water partition coefficient (Wildman–Crippen LogP) is 2.30. The van der Waals surface area contributed by atoms with E-state index in [0.29, 0.717) is 6.42 Å². The minimum absolute atomic E-state index is 0.0169. The molecule has 4 heteroatoms. The van der Waals surface area contributed by atoms with Gasteiger partial charge in [-0.05, 0) is 31.7 Å². The summed E-state index contributed by atoms with van der Waals surface area (Å²) in [5.74, 6) is 0.410. The third-order valence-corrected chi connectivity index (χ3v) is 5.68. The lowest BCUT2D eigenvalue weighted by Crippen LogP contribution is -2.40. The van der Waals surface area contributed by atoms with E-state index in [1.165, 1.54) is 5.56 Å². The number of likely N-dealkylation sites (tertiary alicyclic amines) is 1. The van der Waals surface area contributed by atoms with E-state index in [1.54, 1.807) is 7.05 Å². The van der Waals surface area contributed by atoms with Crippen molar-refractivity contribution in [2.45, 2.75) is 39.0 Å². The first-order chi connectivity index (χ1) is 11.0. The van der Waals surface area contributed by atoms with Crippen molar-refractivity contribution in [2.24, 2.45) is 11.3 Å². The number of nitrogens with zero attached hydrogens (tertiary/aromatic N) is 1. The van der Waals surface area contributed by atoms with Crippen LogP contribution in [0.25, 0.3) is 0 Å². The van der Waals surface area contributed by atoms with Crippen molar-refractivity contribution in [2.75, 3.05) is 20.1 Å². The number of aryl methyl sites for hydroxylation is 1. The molecule has 0 radical (unpaired) electrons. The molecule has 1 spiro atoms. The highest BCUT2D eigenvalue weighted by Crippen LogP contribution is 2.49. The number of carbonyl (C=O) groups is 2. The van der Waals surface area contributed by atoms with Crippen LogP contribution in [0.3, 0.4) is 0 Å². The molecule has 0 aromatic heterocycles. The van der Waals surface area contributed by atoms with E-state index in [1.807, 2.05) is 29.2 Å². The van der Waals surface area contributed by atoms with Crippen molar-refractivity contribution in [3.63, 3.8) is 0 Å². The molecule has 1 N–H and O–H groups in total. The number of hydrogen-bond donors (Lipinski definition) is 1. The van der Waals surface area contributed by atoms with Gasteiger partial charge in [0.2, 0.25) is 11.8 Å². The van der Waals surface area contributed by atoms with Crippen LogP contribution >= 0.6 is 0 Å². The fourth-order valence-corrected chi connectivity index (χ4v) is 4.31. The predicted molar refractivity (Wildman–Crippen MR) is 89.9 cm³/mol. The van der Waals surface area contributed by atoms with E-state index in [2.05, 4.69) is 12.2 Å². The average Bonchev–Trinajstić information content (AvgIpc) is 3.17. The van der Waals surface area contributed by atoms with Crippen molar-refractivity contribution in [1.29, 1.82) is 0 Å². The highest BCUT2D eigenvalue weighted by Gasteiger charge is 2.50. The number of amides is 2. The molecule has 2 fully saturated rings. The van der Waals surface area contributed by atoms with Gasteiger partial charge in [0, 0.05) is 31.5 Å². The zero-order valence-electron chi connectivity index (χ0n) is 14.1. The van der Waals surface area contributed by atoms with Crippen LogP contribution in [0, 0.1) is 18.3 Å². The smallest absolute Gasteiger partial charge is 0.227 e.